The molecule has 6 nitrogen and oxygen atoms in total. The molecule has 2 rings (SSSR count). The summed E-state index contributed by atoms with van der Waals surface area (Å²) in [6.07, 6.45) is 4.45. The first-order valence-corrected chi connectivity index (χ1v) is 9.15. The van der Waals surface area contributed by atoms with Gasteiger partial charge in [-0.1, -0.05) is 13.8 Å². The van der Waals surface area contributed by atoms with E-state index in [0.29, 0.717) is 24.6 Å². The monoisotopic (exact) mass is 314 g/mol. The van der Waals surface area contributed by atoms with Crippen molar-refractivity contribution in [2.24, 2.45) is 5.92 Å². The highest BCUT2D eigenvalue weighted by atomic mass is 32.2. The fourth-order valence-corrected chi connectivity index (χ4v) is 4.67. The predicted molar refractivity (Wildman–Crippen MR) is 82.3 cm³/mol. The quantitative estimate of drug-likeness (QED) is 0.784. The third-order valence-electron chi connectivity index (χ3n) is 4.06. The van der Waals surface area contributed by atoms with Gasteiger partial charge in [0.2, 0.25) is 0 Å². The number of aromatic amines is 1. The Morgan fingerprint density at radius 2 is 2.24 bits per heavy atom. The molecule has 120 valence electrons. The summed E-state index contributed by atoms with van der Waals surface area (Å²) in [5, 5.41) is 10.1. The van der Waals surface area contributed by atoms with E-state index in [1.165, 1.54) is 0 Å². The molecule has 1 saturated heterocycles. The zero-order valence-corrected chi connectivity index (χ0v) is 13.9. The van der Waals surface area contributed by atoms with Crippen molar-refractivity contribution < 1.29 is 8.42 Å². The highest BCUT2D eigenvalue weighted by Crippen LogP contribution is 2.28. The van der Waals surface area contributed by atoms with Gasteiger partial charge in [-0.15, -0.1) is 0 Å². The van der Waals surface area contributed by atoms with Crippen LogP contribution in [0.1, 0.15) is 45.6 Å². The van der Waals surface area contributed by atoms with E-state index in [9.17, 15) is 8.42 Å². The minimum atomic E-state index is -3.48. The van der Waals surface area contributed by atoms with Crippen LogP contribution < -0.4 is 5.32 Å². The SMILES string of the molecule is CCCNCc1cn[nH]c1S(=O)(=O)N1CCC(C)CC1C. The summed E-state index contributed by atoms with van der Waals surface area (Å²) in [4.78, 5) is 0. The molecule has 1 aromatic rings. The van der Waals surface area contributed by atoms with Crippen LogP contribution in [0.2, 0.25) is 0 Å². The molecule has 1 aliphatic heterocycles. The molecule has 2 unspecified atom stereocenters. The summed E-state index contributed by atoms with van der Waals surface area (Å²) in [6.45, 7) is 8.22. The van der Waals surface area contributed by atoms with Crippen molar-refractivity contribution in [1.82, 2.24) is 19.8 Å². The number of nitrogens with zero attached hydrogens (tertiary/aromatic N) is 2. The van der Waals surface area contributed by atoms with Gasteiger partial charge in [-0.05, 0) is 38.6 Å². The fraction of sp³-hybridized carbons (Fsp3) is 0.786. The normalized spacial score (nSPS) is 24.3. The van der Waals surface area contributed by atoms with E-state index in [2.05, 4.69) is 29.4 Å². The second-order valence-electron chi connectivity index (χ2n) is 6.00. The van der Waals surface area contributed by atoms with Crippen molar-refractivity contribution in [2.45, 2.75) is 57.6 Å². The molecule has 1 fully saturated rings. The van der Waals surface area contributed by atoms with Gasteiger partial charge < -0.3 is 5.32 Å². The lowest BCUT2D eigenvalue weighted by Gasteiger charge is -2.35. The number of sulfonamides is 1. The van der Waals surface area contributed by atoms with Gasteiger partial charge in [0.25, 0.3) is 10.0 Å². The maximum Gasteiger partial charge on any atom is 0.260 e. The number of piperidine rings is 1. The number of H-pyrrole nitrogens is 1. The Morgan fingerprint density at radius 3 is 2.90 bits per heavy atom. The van der Waals surface area contributed by atoms with Crippen molar-refractivity contribution in [2.75, 3.05) is 13.1 Å². The molecule has 2 heterocycles. The van der Waals surface area contributed by atoms with E-state index in [0.717, 1.165) is 25.8 Å². The summed E-state index contributed by atoms with van der Waals surface area (Å²) in [6, 6.07) is 0.0403. The molecule has 0 bridgehead atoms. The minimum absolute atomic E-state index is 0.0403. The van der Waals surface area contributed by atoms with Crippen LogP contribution in [0.15, 0.2) is 11.2 Å². The standard InChI is InChI=1S/C14H26N4O2S/c1-4-6-15-9-13-10-16-17-14(13)21(19,20)18-7-5-11(2)8-12(18)3/h10-12,15H,4-9H2,1-3H3,(H,16,17). The first kappa shape index (κ1) is 16.5. The van der Waals surface area contributed by atoms with Gasteiger partial charge in [0.15, 0.2) is 5.03 Å². The maximum atomic E-state index is 12.8. The Kier molecular flexibility index (Phi) is 5.40. The molecule has 21 heavy (non-hydrogen) atoms. The highest BCUT2D eigenvalue weighted by Gasteiger charge is 2.35. The van der Waals surface area contributed by atoms with Gasteiger partial charge in [0, 0.05) is 24.7 Å². The number of rotatable bonds is 6. The molecule has 0 spiro atoms. The molecule has 0 saturated carbocycles. The summed E-state index contributed by atoms with van der Waals surface area (Å²) < 4.78 is 27.3. The van der Waals surface area contributed by atoms with Crippen LogP contribution in [0.25, 0.3) is 0 Å². The van der Waals surface area contributed by atoms with Gasteiger partial charge in [-0.3, -0.25) is 5.10 Å². The van der Waals surface area contributed by atoms with Gasteiger partial charge >= 0.3 is 0 Å². The molecular formula is C14H26N4O2S. The topological polar surface area (TPSA) is 78.1 Å². The third kappa shape index (κ3) is 3.64. The highest BCUT2D eigenvalue weighted by molar-refractivity contribution is 7.89. The van der Waals surface area contributed by atoms with Crippen LogP contribution in [0.3, 0.4) is 0 Å². The Labute approximate surface area is 127 Å². The number of aromatic nitrogens is 2. The molecule has 0 aliphatic carbocycles. The van der Waals surface area contributed by atoms with E-state index in [1.54, 1.807) is 10.5 Å². The van der Waals surface area contributed by atoms with Crippen LogP contribution in [0.4, 0.5) is 0 Å². The van der Waals surface area contributed by atoms with Crippen LogP contribution in [0, 0.1) is 5.92 Å². The minimum Gasteiger partial charge on any atom is -0.313 e. The average molecular weight is 314 g/mol. The van der Waals surface area contributed by atoms with Crippen LogP contribution in [0.5, 0.6) is 0 Å². The summed E-state index contributed by atoms with van der Waals surface area (Å²) in [5.41, 5.74) is 0.717. The van der Waals surface area contributed by atoms with E-state index in [1.807, 2.05) is 6.92 Å². The number of hydrogen-bond donors (Lipinski definition) is 2. The molecule has 0 radical (unpaired) electrons. The van der Waals surface area contributed by atoms with Crippen molar-refractivity contribution in [1.29, 1.82) is 0 Å². The molecular weight excluding hydrogens is 288 g/mol. The second kappa shape index (κ2) is 6.89. The van der Waals surface area contributed by atoms with Crippen LogP contribution in [-0.2, 0) is 16.6 Å². The Balaban J connectivity index is 2.18. The summed E-state index contributed by atoms with van der Waals surface area (Å²) >= 11 is 0. The fourth-order valence-electron chi connectivity index (χ4n) is 2.91. The third-order valence-corrected chi connectivity index (χ3v) is 6.09. The van der Waals surface area contributed by atoms with Crippen LogP contribution >= 0.6 is 0 Å². The second-order valence-corrected chi connectivity index (χ2v) is 7.82. The molecule has 1 aromatic heterocycles. The zero-order chi connectivity index (χ0) is 15.5. The molecule has 7 heteroatoms. The molecule has 1 aliphatic rings. The lowest BCUT2D eigenvalue weighted by atomic mass is 9.95. The van der Waals surface area contributed by atoms with Crippen molar-refractivity contribution in [3.8, 4) is 0 Å². The summed E-state index contributed by atoms with van der Waals surface area (Å²) in [7, 11) is -3.48. The molecule has 2 atom stereocenters. The first-order chi connectivity index (χ1) is 9.96. The van der Waals surface area contributed by atoms with Gasteiger partial charge in [-0.2, -0.15) is 9.40 Å². The van der Waals surface area contributed by atoms with E-state index >= 15 is 0 Å². The lowest BCUT2D eigenvalue weighted by molar-refractivity contribution is 0.219. The van der Waals surface area contributed by atoms with Gasteiger partial charge in [0.1, 0.15) is 0 Å². The zero-order valence-electron chi connectivity index (χ0n) is 13.1. The number of nitrogens with one attached hydrogen (secondary N) is 2. The predicted octanol–water partition coefficient (Wildman–Crippen LogP) is 1.72. The average Bonchev–Trinajstić information content (AvgIpc) is 2.87. The molecule has 2 N–H and O–H groups in total. The maximum absolute atomic E-state index is 12.8. The molecule has 0 aromatic carbocycles. The van der Waals surface area contributed by atoms with Crippen molar-refractivity contribution >= 4 is 10.0 Å². The first-order valence-electron chi connectivity index (χ1n) is 7.71. The number of hydrogen-bond acceptors (Lipinski definition) is 4. The Hall–Kier alpha value is -0.920. The molecule has 0 amide bonds. The largest absolute Gasteiger partial charge is 0.313 e. The van der Waals surface area contributed by atoms with E-state index in [4.69, 9.17) is 0 Å². The van der Waals surface area contributed by atoms with Crippen molar-refractivity contribution in [3.63, 3.8) is 0 Å². The van der Waals surface area contributed by atoms with E-state index < -0.39 is 10.0 Å². The van der Waals surface area contributed by atoms with Gasteiger partial charge in [0.05, 0.1) is 6.20 Å². The summed E-state index contributed by atoms with van der Waals surface area (Å²) in [5.74, 6) is 0.582. The van der Waals surface area contributed by atoms with Gasteiger partial charge in [-0.25, -0.2) is 8.42 Å². The van der Waals surface area contributed by atoms with Crippen molar-refractivity contribution in [3.05, 3.63) is 11.8 Å². The Morgan fingerprint density at radius 1 is 1.48 bits per heavy atom. The lowest BCUT2D eigenvalue weighted by Crippen LogP contribution is -2.44. The smallest absolute Gasteiger partial charge is 0.260 e. The van der Waals surface area contributed by atoms with Crippen LogP contribution in [-0.4, -0.2) is 42.1 Å². The Bertz CT molecular complexity index is 555. The van der Waals surface area contributed by atoms with E-state index in [-0.39, 0.29) is 11.1 Å².